The Hall–Kier alpha value is -2.66. The fourth-order valence-corrected chi connectivity index (χ4v) is 3.50. The van der Waals surface area contributed by atoms with Crippen LogP contribution >= 0.6 is 0 Å². The van der Waals surface area contributed by atoms with Crippen molar-refractivity contribution in [3.63, 3.8) is 0 Å². The molecule has 1 fully saturated rings. The number of rotatable bonds is 7. The highest BCUT2D eigenvalue weighted by molar-refractivity contribution is 5.78. The lowest BCUT2D eigenvalue weighted by atomic mass is 9.97. The zero-order valence-corrected chi connectivity index (χ0v) is 16.5. The van der Waals surface area contributed by atoms with E-state index in [-0.39, 0.29) is 17.7 Å². The summed E-state index contributed by atoms with van der Waals surface area (Å²) in [4.78, 5) is 28.8. The van der Waals surface area contributed by atoms with Crippen LogP contribution in [0.3, 0.4) is 0 Å². The smallest absolute Gasteiger partial charge is 0.234 e. The van der Waals surface area contributed by atoms with Crippen molar-refractivity contribution in [3.8, 4) is 0 Å². The predicted molar refractivity (Wildman–Crippen MR) is 111 cm³/mol. The van der Waals surface area contributed by atoms with E-state index in [0.717, 1.165) is 18.7 Å². The summed E-state index contributed by atoms with van der Waals surface area (Å²) in [7, 11) is 0. The minimum atomic E-state index is 0.0290. The molecule has 1 unspecified atom stereocenters. The van der Waals surface area contributed by atoms with Crippen LogP contribution in [-0.2, 0) is 16.1 Å². The normalized spacial score (nSPS) is 15.8. The van der Waals surface area contributed by atoms with Crippen LogP contribution in [0.15, 0.2) is 60.7 Å². The average molecular weight is 380 g/mol. The quantitative estimate of drug-likeness (QED) is 0.805. The molecule has 1 N–H and O–H groups in total. The van der Waals surface area contributed by atoms with Crippen LogP contribution in [-0.4, -0.2) is 54.3 Å². The third-order valence-electron chi connectivity index (χ3n) is 5.27. The van der Waals surface area contributed by atoms with E-state index in [4.69, 9.17) is 0 Å². The number of amides is 2. The second-order valence-electron chi connectivity index (χ2n) is 7.44. The van der Waals surface area contributed by atoms with Gasteiger partial charge < -0.3 is 10.2 Å². The Bertz CT molecular complexity index is 756. The topological polar surface area (TPSA) is 52.7 Å². The molecule has 0 aromatic heterocycles. The summed E-state index contributed by atoms with van der Waals surface area (Å²) >= 11 is 0. The van der Waals surface area contributed by atoms with Gasteiger partial charge >= 0.3 is 0 Å². The first kappa shape index (κ1) is 20.1. The van der Waals surface area contributed by atoms with E-state index in [1.165, 1.54) is 5.56 Å². The van der Waals surface area contributed by atoms with Crippen molar-refractivity contribution >= 4 is 11.8 Å². The minimum absolute atomic E-state index is 0.0290. The third-order valence-corrected chi connectivity index (χ3v) is 5.27. The van der Waals surface area contributed by atoms with Gasteiger partial charge in [-0.15, -0.1) is 0 Å². The molecular weight excluding hydrogens is 350 g/mol. The van der Waals surface area contributed by atoms with Crippen molar-refractivity contribution in [2.75, 3.05) is 32.7 Å². The second-order valence-corrected chi connectivity index (χ2v) is 7.44. The lowest BCUT2D eigenvalue weighted by molar-refractivity contribution is -0.133. The number of nitrogens with zero attached hydrogens (tertiary/aromatic N) is 2. The fourth-order valence-electron chi connectivity index (χ4n) is 3.50. The predicted octanol–water partition coefficient (Wildman–Crippen LogP) is 2.64. The Balaban J connectivity index is 1.38. The summed E-state index contributed by atoms with van der Waals surface area (Å²) in [5.74, 6) is 0.446. The number of piperazine rings is 1. The molecular formula is C23H29N3O2. The highest BCUT2D eigenvalue weighted by Gasteiger charge is 2.23. The number of carbonyl (C=O) groups is 2. The standard InChI is InChI=1S/C23H29N3O2/c1-19(21-10-6-3-7-11-21)16-23(28)26-14-12-25(13-15-26)18-22(27)24-17-20-8-4-2-5-9-20/h2-11,19H,12-18H2,1H3,(H,24,27). The number of hydrogen-bond acceptors (Lipinski definition) is 3. The number of hydrogen-bond donors (Lipinski definition) is 1. The molecule has 2 aromatic rings. The zero-order chi connectivity index (χ0) is 19.8. The summed E-state index contributed by atoms with van der Waals surface area (Å²) in [5.41, 5.74) is 2.29. The molecule has 148 valence electrons. The molecule has 0 bridgehead atoms. The summed E-state index contributed by atoms with van der Waals surface area (Å²) in [6.07, 6.45) is 0.529. The van der Waals surface area contributed by atoms with Crippen LogP contribution in [0.2, 0.25) is 0 Å². The van der Waals surface area contributed by atoms with Gasteiger partial charge in [-0.05, 0) is 17.0 Å². The molecule has 0 spiro atoms. The first-order valence-corrected chi connectivity index (χ1v) is 9.97. The van der Waals surface area contributed by atoms with E-state index in [1.807, 2.05) is 53.4 Å². The van der Waals surface area contributed by atoms with E-state index < -0.39 is 0 Å². The lowest BCUT2D eigenvalue weighted by Crippen LogP contribution is -2.51. The summed E-state index contributed by atoms with van der Waals surface area (Å²) in [6, 6.07) is 20.1. The van der Waals surface area contributed by atoms with Gasteiger partial charge in [-0.2, -0.15) is 0 Å². The molecule has 28 heavy (non-hydrogen) atoms. The van der Waals surface area contributed by atoms with E-state index in [1.54, 1.807) is 0 Å². The maximum Gasteiger partial charge on any atom is 0.234 e. The summed E-state index contributed by atoms with van der Waals surface area (Å²) in [6.45, 7) is 5.89. The fraction of sp³-hybridized carbons (Fsp3) is 0.391. The van der Waals surface area contributed by atoms with E-state index in [9.17, 15) is 9.59 Å². The Morgan fingerprint density at radius 3 is 2.18 bits per heavy atom. The highest BCUT2D eigenvalue weighted by atomic mass is 16.2. The minimum Gasteiger partial charge on any atom is -0.351 e. The zero-order valence-electron chi connectivity index (χ0n) is 16.5. The van der Waals surface area contributed by atoms with Crippen LogP contribution in [0, 0.1) is 0 Å². The van der Waals surface area contributed by atoms with Gasteiger partial charge in [-0.25, -0.2) is 0 Å². The molecule has 0 radical (unpaired) electrons. The first-order chi connectivity index (χ1) is 13.6. The van der Waals surface area contributed by atoms with Crippen molar-refractivity contribution in [2.24, 2.45) is 0 Å². The molecule has 1 heterocycles. The molecule has 1 atom stereocenters. The van der Waals surface area contributed by atoms with Gasteiger partial charge in [0.25, 0.3) is 0 Å². The highest BCUT2D eigenvalue weighted by Crippen LogP contribution is 2.20. The van der Waals surface area contributed by atoms with Crippen LogP contribution in [0.25, 0.3) is 0 Å². The average Bonchev–Trinajstić information content (AvgIpc) is 2.74. The van der Waals surface area contributed by atoms with Gasteiger partial charge in [0, 0.05) is 39.1 Å². The van der Waals surface area contributed by atoms with Crippen LogP contribution in [0.5, 0.6) is 0 Å². The van der Waals surface area contributed by atoms with Gasteiger partial charge in [0.2, 0.25) is 11.8 Å². The van der Waals surface area contributed by atoms with Gasteiger partial charge in [-0.3, -0.25) is 14.5 Å². The summed E-state index contributed by atoms with van der Waals surface area (Å²) < 4.78 is 0. The Morgan fingerprint density at radius 2 is 1.54 bits per heavy atom. The molecule has 0 aliphatic carbocycles. The van der Waals surface area contributed by atoms with Crippen LogP contribution in [0.1, 0.15) is 30.4 Å². The van der Waals surface area contributed by atoms with E-state index in [0.29, 0.717) is 32.6 Å². The maximum atomic E-state index is 12.6. The van der Waals surface area contributed by atoms with E-state index >= 15 is 0 Å². The monoisotopic (exact) mass is 379 g/mol. The molecule has 2 aromatic carbocycles. The van der Waals surface area contributed by atoms with Crippen molar-refractivity contribution in [1.82, 2.24) is 15.1 Å². The molecule has 5 nitrogen and oxygen atoms in total. The van der Waals surface area contributed by atoms with E-state index in [2.05, 4.69) is 29.3 Å². The Kier molecular flexibility index (Phi) is 7.20. The Morgan fingerprint density at radius 1 is 0.929 bits per heavy atom. The molecule has 2 amide bonds. The van der Waals surface area contributed by atoms with Crippen molar-refractivity contribution in [1.29, 1.82) is 0 Å². The SMILES string of the molecule is CC(CC(=O)N1CCN(CC(=O)NCc2ccccc2)CC1)c1ccccc1. The molecule has 0 saturated carbocycles. The maximum absolute atomic E-state index is 12.6. The molecule has 1 aliphatic heterocycles. The molecule has 1 saturated heterocycles. The van der Waals surface area contributed by atoms with Gasteiger partial charge in [-0.1, -0.05) is 67.6 Å². The number of carbonyl (C=O) groups excluding carboxylic acids is 2. The third kappa shape index (κ3) is 5.92. The van der Waals surface area contributed by atoms with Crippen molar-refractivity contribution in [2.45, 2.75) is 25.8 Å². The molecule has 3 rings (SSSR count). The van der Waals surface area contributed by atoms with Crippen molar-refractivity contribution < 1.29 is 9.59 Å². The van der Waals surface area contributed by atoms with Crippen molar-refractivity contribution in [3.05, 3.63) is 71.8 Å². The molecule has 5 heteroatoms. The second kappa shape index (κ2) is 10.0. The largest absolute Gasteiger partial charge is 0.351 e. The van der Waals surface area contributed by atoms with Crippen LogP contribution in [0.4, 0.5) is 0 Å². The molecule has 1 aliphatic rings. The number of nitrogens with one attached hydrogen (secondary N) is 1. The lowest BCUT2D eigenvalue weighted by Gasteiger charge is -2.34. The van der Waals surface area contributed by atoms with Gasteiger partial charge in [0.1, 0.15) is 0 Å². The summed E-state index contributed by atoms with van der Waals surface area (Å²) in [5, 5.41) is 2.96. The first-order valence-electron chi connectivity index (χ1n) is 9.97. The Labute approximate surface area is 167 Å². The number of benzene rings is 2. The van der Waals surface area contributed by atoms with Gasteiger partial charge in [0.05, 0.1) is 6.54 Å². The van der Waals surface area contributed by atoms with Crippen LogP contribution < -0.4 is 5.32 Å². The van der Waals surface area contributed by atoms with Gasteiger partial charge in [0.15, 0.2) is 0 Å².